The highest BCUT2D eigenvalue weighted by molar-refractivity contribution is 9.10. The van der Waals surface area contributed by atoms with E-state index in [1.807, 2.05) is 26.0 Å². The van der Waals surface area contributed by atoms with Gasteiger partial charge in [0.1, 0.15) is 23.5 Å². The third-order valence-corrected chi connectivity index (χ3v) is 3.49. The van der Waals surface area contributed by atoms with Gasteiger partial charge in [-0.05, 0) is 25.1 Å². The Balaban J connectivity index is 2.47. The summed E-state index contributed by atoms with van der Waals surface area (Å²) in [6.07, 6.45) is 0.690. The summed E-state index contributed by atoms with van der Waals surface area (Å²) < 4.78 is 0.850. The minimum Gasteiger partial charge on any atom is -0.339 e. The molecule has 21 heavy (non-hydrogen) atoms. The summed E-state index contributed by atoms with van der Waals surface area (Å²) in [5.74, 6) is 7.36. The molecule has 0 saturated heterocycles. The maximum absolute atomic E-state index is 9.22. The Hall–Kier alpha value is -2.17. The van der Waals surface area contributed by atoms with Crippen molar-refractivity contribution in [3.05, 3.63) is 39.6 Å². The molecule has 0 aliphatic rings. The van der Waals surface area contributed by atoms with Crippen molar-refractivity contribution < 1.29 is 0 Å². The molecular weight excluding hydrogens is 332 g/mol. The van der Waals surface area contributed by atoms with Gasteiger partial charge in [0, 0.05) is 16.5 Å². The molecule has 0 saturated carbocycles. The highest BCUT2D eigenvalue weighted by atomic mass is 79.9. The fraction of sp³-hybridized carbons (Fsp3) is 0.214. The van der Waals surface area contributed by atoms with E-state index in [1.54, 1.807) is 6.07 Å². The Labute approximate surface area is 131 Å². The number of hydrogen-bond acceptors (Lipinski definition) is 6. The molecule has 0 spiro atoms. The molecule has 2 aromatic rings. The summed E-state index contributed by atoms with van der Waals surface area (Å²) >= 11 is 3.35. The average molecular weight is 347 g/mol. The van der Waals surface area contributed by atoms with Crippen LogP contribution in [0, 0.1) is 18.3 Å². The van der Waals surface area contributed by atoms with Crippen molar-refractivity contribution in [3.8, 4) is 6.07 Å². The zero-order valence-electron chi connectivity index (χ0n) is 11.7. The monoisotopic (exact) mass is 346 g/mol. The van der Waals surface area contributed by atoms with E-state index in [-0.39, 0.29) is 0 Å². The fourth-order valence-electron chi connectivity index (χ4n) is 1.83. The standard InChI is InChI=1S/C14H15BrN6/c1-3-12-19-13(8(2)14(20-12)21-17)18-11-5-4-10(15)6-9(11)7-16/h4-6H,3,17H2,1-2H3,(H2,18,19,20,21). The summed E-state index contributed by atoms with van der Waals surface area (Å²) in [7, 11) is 0. The lowest BCUT2D eigenvalue weighted by molar-refractivity contribution is 0.932. The van der Waals surface area contributed by atoms with Gasteiger partial charge in [-0.25, -0.2) is 15.8 Å². The van der Waals surface area contributed by atoms with Crippen molar-refractivity contribution in [2.45, 2.75) is 20.3 Å². The third-order valence-electron chi connectivity index (χ3n) is 3.00. The molecule has 6 nitrogen and oxygen atoms in total. The van der Waals surface area contributed by atoms with Crippen LogP contribution in [0.4, 0.5) is 17.3 Å². The molecule has 0 unspecified atom stereocenters. The lowest BCUT2D eigenvalue weighted by Crippen LogP contribution is -2.14. The zero-order valence-corrected chi connectivity index (χ0v) is 13.3. The Morgan fingerprint density at radius 3 is 2.67 bits per heavy atom. The largest absolute Gasteiger partial charge is 0.339 e. The number of nitrogens with one attached hydrogen (secondary N) is 2. The highest BCUT2D eigenvalue weighted by Gasteiger charge is 2.11. The van der Waals surface area contributed by atoms with Crippen LogP contribution in [0.15, 0.2) is 22.7 Å². The van der Waals surface area contributed by atoms with Gasteiger partial charge in [-0.2, -0.15) is 5.26 Å². The number of anilines is 3. The van der Waals surface area contributed by atoms with E-state index < -0.39 is 0 Å². The Morgan fingerprint density at radius 1 is 1.33 bits per heavy atom. The van der Waals surface area contributed by atoms with Gasteiger partial charge >= 0.3 is 0 Å². The number of hydrogen-bond donors (Lipinski definition) is 3. The number of rotatable bonds is 4. The van der Waals surface area contributed by atoms with E-state index in [0.29, 0.717) is 35.1 Å². The van der Waals surface area contributed by atoms with Gasteiger partial charge in [0.15, 0.2) is 0 Å². The first kappa shape index (κ1) is 15.2. The Kier molecular flexibility index (Phi) is 4.73. The molecular formula is C14H15BrN6. The second-order valence-electron chi connectivity index (χ2n) is 4.39. The number of nitrogens with two attached hydrogens (primary N) is 1. The number of halogens is 1. The summed E-state index contributed by atoms with van der Waals surface area (Å²) in [5.41, 5.74) is 4.58. The maximum atomic E-state index is 9.22. The molecule has 1 aromatic carbocycles. The van der Waals surface area contributed by atoms with Crippen LogP contribution < -0.4 is 16.6 Å². The quantitative estimate of drug-likeness (QED) is 0.581. The van der Waals surface area contributed by atoms with Crippen molar-refractivity contribution in [1.82, 2.24) is 9.97 Å². The van der Waals surface area contributed by atoms with E-state index in [9.17, 15) is 5.26 Å². The number of nitrogen functional groups attached to an aromatic ring is 1. The second-order valence-corrected chi connectivity index (χ2v) is 5.30. The van der Waals surface area contributed by atoms with Gasteiger partial charge in [-0.1, -0.05) is 22.9 Å². The molecule has 7 heteroatoms. The molecule has 0 radical (unpaired) electrons. The zero-order chi connectivity index (χ0) is 15.4. The van der Waals surface area contributed by atoms with Crippen LogP contribution in [0.25, 0.3) is 0 Å². The van der Waals surface area contributed by atoms with Crippen LogP contribution in [-0.4, -0.2) is 9.97 Å². The SMILES string of the molecule is CCc1nc(NN)c(C)c(Nc2ccc(Br)cc2C#N)n1. The molecule has 0 amide bonds. The summed E-state index contributed by atoms with van der Waals surface area (Å²) in [4.78, 5) is 8.76. The topological polar surface area (TPSA) is 99.6 Å². The number of benzene rings is 1. The van der Waals surface area contributed by atoms with Crippen LogP contribution in [0.2, 0.25) is 0 Å². The van der Waals surface area contributed by atoms with Gasteiger partial charge < -0.3 is 10.7 Å². The minimum absolute atomic E-state index is 0.530. The van der Waals surface area contributed by atoms with E-state index >= 15 is 0 Å². The first-order valence-electron chi connectivity index (χ1n) is 6.39. The maximum Gasteiger partial charge on any atom is 0.148 e. The number of nitriles is 1. The number of aryl methyl sites for hydroxylation is 1. The van der Waals surface area contributed by atoms with Crippen LogP contribution >= 0.6 is 15.9 Å². The molecule has 0 atom stereocenters. The fourth-order valence-corrected chi connectivity index (χ4v) is 2.19. The molecule has 0 aliphatic carbocycles. The molecule has 2 rings (SSSR count). The molecule has 1 aromatic heterocycles. The van der Waals surface area contributed by atoms with E-state index in [1.165, 1.54) is 0 Å². The summed E-state index contributed by atoms with van der Waals surface area (Å²) in [6, 6.07) is 7.60. The van der Waals surface area contributed by atoms with E-state index in [2.05, 4.69) is 42.7 Å². The van der Waals surface area contributed by atoms with Gasteiger partial charge in [-0.15, -0.1) is 0 Å². The summed E-state index contributed by atoms with van der Waals surface area (Å²) in [6.45, 7) is 3.83. The van der Waals surface area contributed by atoms with Crippen LogP contribution in [0.3, 0.4) is 0 Å². The van der Waals surface area contributed by atoms with Gasteiger partial charge in [0.25, 0.3) is 0 Å². The normalized spacial score (nSPS) is 10.0. The number of aromatic nitrogens is 2. The highest BCUT2D eigenvalue weighted by Crippen LogP contribution is 2.27. The van der Waals surface area contributed by atoms with Crippen LogP contribution in [0.5, 0.6) is 0 Å². The van der Waals surface area contributed by atoms with Crippen molar-refractivity contribution >= 4 is 33.3 Å². The smallest absolute Gasteiger partial charge is 0.148 e. The average Bonchev–Trinajstić information content (AvgIpc) is 2.50. The molecule has 108 valence electrons. The second kappa shape index (κ2) is 6.52. The lowest BCUT2D eigenvalue weighted by atomic mass is 10.2. The molecule has 0 aliphatic heterocycles. The molecule has 1 heterocycles. The first-order chi connectivity index (χ1) is 10.1. The van der Waals surface area contributed by atoms with Crippen LogP contribution in [0.1, 0.15) is 23.9 Å². The van der Waals surface area contributed by atoms with Crippen molar-refractivity contribution in [2.24, 2.45) is 5.84 Å². The molecule has 4 N–H and O–H groups in total. The predicted molar refractivity (Wildman–Crippen MR) is 86.1 cm³/mol. The number of nitrogens with zero attached hydrogens (tertiary/aromatic N) is 3. The van der Waals surface area contributed by atoms with Gasteiger partial charge in [0.05, 0.1) is 11.3 Å². The minimum atomic E-state index is 0.530. The van der Waals surface area contributed by atoms with Crippen molar-refractivity contribution in [3.63, 3.8) is 0 Å². The first-order valence-corrected chi connectivity index (χ1v) is 7.19. The van der Waals surface area contributed by atoms with E-state index in [4.69, 9.17) is 5.84 Å². The van der Waals surface area contributed by atoms with Gasteiger partial charge in [0.2, 0.25) is 0 Å². The lowest BCUT2D eigenvalue weighted by Gasteiger charge is -2.14. The van der Waals surface area contributed by atoms with Crippen molar-refractivity contribution in [1.29, 1.82) is 5.26 Å². The van der Waals surface area contributed by atoms with E-state index in [0.717, 1.165) is 10.0 Å². The predicted octanol–water partition coefficient (Wildman–Crippen LogP) is 3.01. The molecule has 0 bridgehead atoms. The molecule has 0 fully saturated rings. The number of hydrazine groups is 1. The van der Waals surface area contributed by atoms with Gasteiger partial charge in [-0.3, -0.25) is 0 Å². The van der Waals surface area contributed by atoms with Crippen LogP contribution in [-0.2, 0) is 6.42 Å². The van der Waals surface area contributed by atoms with Crippen molar-refractivity contribution in [2.75, 3.05) is 10.7 Å². The Bertz CT molecular complexity index is 707. The summed E-state index contributed by atoms with van der Waals surface area (Å²) in [5, 5.41) is 12.4. The Morgan fingerprint density at radius 2 is 2.05 bits per heavy atom. The third kappa shape index (κ3) is 3.29.